The number of urea groups is 1. The number of amides is 2. The molecule has 0 unspecified atom stereocenters. The molecule has 1 saturated heterocycles. The quantitative estimate of drug-likeness (QED) is 0.872. The minimum absolute atomic E-state index is 0.00755. The number of hydrogen-bond donors (Lipinski definition) is 1. The van der Waals surface area contributed by atoms with E-state index in [1.807, 2.05) is 4.90 Å². The molecule has 1 heterocycles. The fourth-order valence-corrected chi connectivity index (χ4v) is 4.23. The smallest absolute Gasteiger partial charge is 0.321 e. The van der Waals surface area contributed by atoms with E-state index in [4.69, 9.17) is 16.3 Å². The molecule has 0 bridgehead atoms. The molecule has 23 heavy (non-hydrogen) atoms. The molecule has 6 heteroatoms. The molecule has 1 spiro atoms. The van der Waals surface area contributed by atoms with Gasteiger partial charge in [0, 0.05) is 31.3 Å². The zero-order valence-electron chi connectivity index (χ0n) is 13.3. The van der Waals surface area contributed by atoms with Crippen LogP contribution in [-0.4, -0.2) is 37.2 Å². The summed E-state index contributed by atoms with van der Waals surface area (Å²) in [5, 5.41) is 2.82. The number of benzene rings is 1. The van der Waals surface area contributed by atoms with Gasteiger partial charge in [-0.3, -0.25) is 0 Å². The fraction of sp³-hybridized carbons (Fsp3) is 0.588. The number of halogens is 2. The lowest BCUT2D eigenvalue weighted by molar-refractivity contribution is -0.0244. The molecule has 2 fully saturated rings. The van der Waals surface area contributed by atoms with Crippen molar-refractivity contribution in [1.29, 1.82) is 0 Å². The summed E-state index contributed by atoms with van der Waals surface area (Å²) in [6.45, 7) is 1.45. The SMILES string of the molecule is CO[C@@H]1CCC[C@@]12CCCN(C(=O)Nc1ccc(F)c(Cl)c1)C2. The van der Waals surface area contributed by atoms with Gasteiger partial charge in [0.25, 0.3) is 0 Å². The van der Waals surface area contributed by atoms with Crippen molar-refractivity contribution >= 4 is 23.3 Å². The molecule has 126 valence electrons. The van der Waals surface area contributed by atoms with Gasteiger partial charge in [-0.1, -0.05) is 18.0 Å². The van der Waals surface area contributed by atoms with Crippen LogP contribution in [0.2, 0.25) is 5.02 Å². The summed E-state index contributed by atoms with van der Waals surface area (Å²) in [6, 6.07) is 4.05. The molecule has 1 aromatic carbocycles. The van der Waals surface area contributed by atoms with Crippen molar-refractivity contribution in [2.45, 2.75) is 38.2 Å². The first-order valence-corrected chi connectivity index (χ1v) is 8.46. The highest BCUT2D eigenvalue weighted by Crippen LogP contribution is 2.46. The number of rotatable bonds is 2. The number of hydrogen-bond acceptors (Lipinski definition) is 2. The van der Waals surface area contributed by atoms with E-state index in [1.54, 1.807) is 7.11 Å². The van der Waals surface area contributed by atoms with Gasteiger partial charge in [0.15, 0.2) is 0 Å². The number of anilines is 1. The molecule has 3 rings (SSSR count). The number of nitrogens with zero attached hydrogens (tertiary/aromatic N) is 1. The van der Waals surface area contributed by atoms with Crippen LogP contribution in [0.1, 0.15) is 32.1 Å². The first kappa shape index (κ1) is 16.5. The Morgan fingerprint density at radius 2 is 2.22 bits per heavy atom. The molecule has 2 atom stereocenters. The van der Waals surface area contributed by atoms with Crippen LogP contribution in [0.4, 0.5) is 14.9 Å². The summed E-state index contributed by atoms with van der Waals surface area (Å²) in [5.74, 6) is -0.490. The predicted molar refractivity (Wildman–Crippen MR) is 88.3 cm³/mol. The number of carbonyl (C=O) groups excluding carboxylic acids is 1. The molecule has 0 radical (unpaired) electrons. The van der Waals surface area contributed by atoms with Gasteiger partial charge in [-0.05, 0) is 43.9 Å². The maximum Gasteiger partial charge on any atom is 0.321 e. The summed E-state index contributed by atoms with van der Waals surface area (Å²) in [6.07, 6.45) is 5.66. The number of carbonyl (C=O) groups is 1. The molecular formula is C17H22ClFN2O2. The van der Waals surface area contributed by atoms with E-state index < -0.39 is 5.82 Å². The van der Waals surface area contributed by atoms with E-state index in [0.29, 0.717) is 12.2 Å². The van der Waals surface area contributed by atoms with E-state index in [-0.39, 0.29) is 22.6 Å². The average Bonchev–Trinajstić information content (AvgIpc) is 2.92. The molecule has 1 aliphatic carbocycles. The summed E-state index contributed by atoms with van der Waals surface area (Å²) in [7, 11) is 1.76. The van der Waals surface area contributed by atoms with E-state index in [1.165, 1.54) is 18.2 Å². The second-order valence-electron chi connectivity index (χ2n) is 6.56. The Hall–Kier alpha value is -1.33. The van der Waals surface area contributed by atoms with Crippen molar-refractivity contribution in [1.82, 2.24) is 4.90 Å². The highest BCUT2D eigenvalue weighted by atomic mass is 35.5. The van der Waals surface area contributed by atoms with Crippen molar-refractivity contribution in [3.63, 3.8) is 0 Å². The maximum absolute atomic E-state index is 13.2. The van der Waals surface area contributed by atoms with Crippen LogP contribution in [0.3, 0.4) is 0 Å². The monoisotopic (exact) mass is 340 g/mol. The van der Waals surface area contributed by atoms with Crippen molar-refractivity contribution in [3.05, 3.63) is 29.0 Å². The number of piperidine rings is 1. The number of likely N-dealkylation sites (tertiary alicyclic amines) is 1. The predicted octanol–water partition coefficient (Wildman–Crippen LogP) is 4.29. The lowest BCUT2D eigenvalue weighted by Gasteiger charge is -2.43. The Kier molecular flexibility index (Phi) is 4.78. The van der Waals surface area contributed by atoms with Crippen LogP contribution in [0.5, 0.6) is 0 Å². The van der Waals surface area contributed by atoms with Crippen molar-refractivity contribution in [2.75, 3.05) is 25.5 Å². The highest BCUT2D eigenvalue weighted by Gasteiger charge is 2.46. The zero-order chi connectivity index (χ0) is 16.4. The molecular weight excluding hydrogens is 319 g/mol. The second kappa shape index (κ2) is 6.65. The van der Waals surface area contributed by atoms with Gasteiger partial charge in [-0.25, -0.2) is 9.18 Å². The van der Waals surface area contributed by atoms with Gasteiger partial charge in [0.2, 0.25) is 0 Å². The highest BCUT2D eigenvalue weighted by molar-refractivity contribution is 6.31. The van der Waals surface area contributed by atoms with Crippen LogP contribution < -0.4 is 5.32 Å². The summed E-state index contributed by atoms with van der Waals surface area (Å²) >= 11 is 5.76. The average molecular weight is 341 g/mol. The minimum atomic E-state index is -0.490. The molecule has 1 saturated carbocycles. The molecule has 2 aliphatic rings. The molecule has 4 nitrogen and oxygen atoms in total. The van der Waals surface area contributed by atoms with E-state index in [9.17, 15) is 9.18 Å². The van der Waals surface area contributed by atoms with Crippen LogP contribution in [-0.2, 0) is 4.74 Å². The molecule has 1 aromatic rings. The second-order valence-corrected chi connectivity index (χ2v) is 6.97. The Bertz CT molecular complexity index is 598. The van der Waals surface area contributed by atoms with E-state index >= 15 is 0 Å². The van der Waals surface area contributed by atoms with Crippen LogP contribution in [0, 0.1) is 11.2 Å². The van der Waals surface area contributed by atoms with Gasteiger partial charge >= 0.3 is 6.03 Å². The normalized spacial score (nSPS) is 27.4. The Labute approximate surface area is 140 Å². The van der Waals surface area contributed by atoms with E-state index in [2.05, 4.69) is 5.32 Å². The Morgan fingerprint density at radius 1 is 1.43 bits per heavy atom. The van der Waals surface area contributed by atoms with Gasteiger partial charge < -0.3 is 15.0 Å². The summed E-state index contributed by atoms with van der Waals surface area (Å²) in [4.78, 5) is 14.4. The summed E-state index contributed by atoms with van der Waals surface area (Å²) < 4.78 is 18.9. The number of methoxy groups -OCH3 is 1. The van der Waals surface area contributed by atoms with Gasteiger partial charge in [0.1, 0.15) is 5.82 Å². The topological polar surface area (TPSA) is 41.6 Å². The zero-order valence-corrected chi connectivity index (χ0v) is 14.0. The number of ether oxygens (including phenoxy) is 1. The minimum Gasteiger partial charge on any atom is -0.381 e. The maximum atomic E-state index is 13.2. The molecule has 2 amide bonds. The molecule has 1 N–H and O–H groups in total. The van der Waals surface area contributed by atoms with Crippen molar-refractivity contribution < 1.29 is 13.9 Å². The van der Waals surface area contributed by atoms with Gasteiger partial charge in [-0.15, -0.1) is 0 Å². The Morgan fingerprint density at radius 3 is 2.96 bits per heavy atom. The number of nitrogens with one attached hydrogen (secondary N) is 1. The van der Waals surface area contributed by atoms with Crippen molar-refractivity contribution in [2.24, 2.45) is 5.41 Å². The Balaban J connectivity index is 1.68. The lowest BCUT2D eigenvalue weighted by atomic mass is 9.76. The molecule has 1 aliphatic heterocycles. The molecule has 0 aromatic heterocycles. The third-order valence-electron chi connectivity index (χ3n) is 5.18. The van der Waals surface area contributed by atoms with E-state index in [0.717, 1.165) is 38.6 Å². The third kappa shape index (κ3) is 3.31. The van der Waals surface area contributed by atoms with Crippen LogP contribution in [0.25, 0.3) is 0 Å². The fourth-order valence-electron chi connectivity index (χ4n) is 4.05. The van der Waals surface area contributed by atoms with Crippen molar-refractivity contribution in [3.8, 4) is 0 Å². The standard InChI is InChI=1S/C17H22ClFN2O2/c1-23-15-4-2-7-17(15)8-3-9-21(11-17)16(22)20-12-5-6-14(19)13(18)10-12/h5-6,10,15H,2-4,7-9,11H2,1H3,(H,20,22)/t15-,17+/m1/s1. The first-order chi connectivity index (χ1) is 11.0. The largest absolute Gasteiger partial charge is 0.381 e. The van der Waals surface area contributed by atoms with Gasteiger partial charge in [0.05, 0.1) is 11.1 Å². The lowest BCUT2D eigenvalue weighted by Crippen LogP contribution is -2.51. The van der Waals surface area contributed by atoms with Gasteiger partial charge in [-0.2, -0.15) is 0 Å². The first-order valence-electron chi connectivity index (χ1n) is 8.08. The van der Waals surface area contributed by atoms with Crippen LogP contribution in [0.15, 0.2) is 18.2 Å². The third-order valence-corrected chi connectivity index (χ3v) is 5.46. The van der Waals surface area contributed by atoms with Crippen LogP contribution >= 0.6 is 11.6 Å². The summed E-state index contributed by atoms with van der Waals surface area (Å²) in [5.41, 5.74) is 0.598.